The molecule has 2 aliphatic rings. The Morgan fingerprint density at radius 2 is 0.943 bits per heavy atom. The molecule has 105 heavy (non-hydrogen) atoms. The SMILES string of the molecule is CCc1ccccc1NC(=O)c1cc2ccc3c(c2c(N=Nc2ccc(N(c4ccc(N=Nc5c(O)c(C(ON)c6ccccc6CC)cc6ccc7c(c56)Cc5ccccc5-7)cc4)c4ccc(N=Nc5c(O)c(C(C)ON)cc6ccc7c8ccccc8[nH]c7c56)cc4)cc2)c1O)Cc1ccccc1-3. The zero-order chi connectivity index (χ0) is 71.6. The summed E-state index contributed by atoms with van der Waals surface area (Å²) in [5.41, 5.74) is 19.4. The van der Waals surface area contributed by atoms with Crippen LogP contribution in [0, 0.1) is 0 Å². The standard InChI is InChI=1S/C88H69N11O6/c1-4-50-16-6-12-22-65(50)87(105-90)73-47-54-26-41-66-63-20-10-7-18-52(63)44-71(66)77(54)81(85(73)101)96-93-57-29-35-60(36-30-57)99(62-39-33-59(34-40-62)95-98-83-79-56(46-70(84(83)100)49(3)104-89)28-43-69-68-23-13-15-25-76(68)91-80(69)79)61-37-31-58(32-38-61)94-97-82-78-55(27-42-67-64-21-11-8-19-53(64)45-72(67)78)48-74(86(82)102)88(103)92-75-24-14-9-17-51(75)5-2/h6-43,46-49,87,91,100-102H,4-5,44-45,89-90H2,1-3H3,(H,92,103). The summed E-state index contributed by atoms with van der Waals surface area (Å²) >= 11 is 0. The van der Waals surface area contributed by atoms with E-state index in [-0.39, 0.29) is 34.2 Å². The average molecular weight is 1380 g/mol. The minimum atomic E-state index is -0.812. The summed E-state index contributed by atoms with van der Waals surface area (Å²) in [4.78, 5) is 31.0. The van der Waals surface area contributed by atoms with Crippen LogP contribution in [0.3, 0.4) is 0 Å². The first-order valence-electron chi connectivity index (χ1n) is 35.0. The number of phenols is 3. The van der Waals surface area contributed by atoms with E-state index in [1.165, 1.54) is 5.56 Å². The lowest BCUT2D eigenvalue weighted by atomic mass is 9.90. The molecule has 1 amide bonds. The Kier molecular flexibility index (Phi) is 16.8. The van der Waals surface area contributed by atoms with Gasteiger partial charge in [-0.2, -0.15) is 15.3 Å². The van der Waals surface area contributed by atoms with Crippen molar-refractivity contribution in [3.8, 4) is 39.5 Å². The molecule has 2 aliphatic carbocycles. The van der Waals surface area contributed by atoms with Gasteiger partial charge >= 0.3 is 0 Å². The molecule has 0 radical (unpaired) electrons. The molecule has 2 atom stereocenters. The largest absolute Gasteiger partial charge is 0.505 e. The van der Waals surface area contributed by atoms with Crippen molar-refractivity contribution in [1.82, 2.24) is 4.98 Å². The second kappa shape index (κ2) is 27.1. The Morgan fingerprint density at radius 1 is 0.467 bits per heavy atom. The predicted octanol–water partition coefficient (Wildman–Crippen LogP) is 23.1. The van der Waals surface area contributed by atoms with E-state index in [2.05, 4.69) is 76.7 Å². The fourth-order valence-electron chi connectivity index (χ4n) is 15.4. The summed E-state index contributed by atoms with van der Waals surface area (Å²) in [6.45, 7) is 5.86. The fraction of sp³-hybridized carbons (Fsp3) is 0.102. The third-order valence-electron chi connectivity index (χ3n) is 20.7. The van der Waals surface area contributed by atoms with Gasteiger partial charge in [-0.1, -0.05) is 159 Å². The van der Waals surface area contributed by atoms with E-state index in [1.54, 1.807) is 13.0 Å². The van der Waals surface area contributed by atoms with Crippen LogP contribution in [0.25, 0.3) is 76.4 Å². The van der Waals surface area contributed by atoms with Gasteiger partial charge < -0.3 is 30.5 Å². The molecule has 0 spiro atoms. The smallest absolute Gasteiger partial charge is 0.259 e. The number of hydrogen-bond donors (Lipinski definition) is 7. The normalized spacial score (nSPS) is 13.0. The number of benzene rings is 14. The average Bonchev–Trinajstić information content (AvgIpc) is 1.71. The van der Waals surface area contributed by atoms with Gasteiger partial charge in [0, 0.05) is 66.3 Å². The molecule has 0 saturated carbocycles. The Morgan fingerprint density at radius 3 is 1.52 bits per heavy atom. The van der Waals surface area contributed by atoms with E-state index in [9.17, 15) is 20.1 Å². The van der Waals surface area contributed by atoms with Gasteiger partial charge in [0.2, 0.25) is 0 Å². The van der Waals surface area contributed by atoms with E-state index in [4.69, 9.17) is 52.2 Å². The lowest BCUT2D eigenvalue weighted by molar-refractivity contribution is 0.0648. The zero-order valence-electron chi connectivity index (χ0n) is 57.5. The summed E-state index contributed by atoms with van der Waals surface area (Å²) < 4.78 is 0. The van der Waals surface area contributed by atoms with Crippen molar-refractivity contribution < 1.29 is 29.8 Å². The number of anilines is 4. The molecule has 2 unspecified atom stereocenters. The molecule has 1 heterocycles. The molecular formula is C88H69N11O6. The topological polar surface area (TPSA) is 253 Å². The highest BCUT2D eigenvalue weighted by Crippen LogP contribution is 2.53. The lowest BCUT2D eigenvalue weighted by Crippen LogP contribution is -2.13. The molecule has 17 heteroatoms. The van der Waals surface area contributed by atoms with Crippen LogP contribution in [0.4, 0.5) is 56.9 Å². The van der Waals surface area contributed by atoms with Crippen molar-refractivity contribution >= 4 is 117 Å². The van der Waals surface area contributed by atoms with E-state index >= 15 is 0 Å². The Balaban J connectivity index is 0.755. The number of para-hydroxylation sites is 2. The molecule has 9 N–H and O–H groups in total. The van der Waals surface area contributed by atoms with Crippen LogP contribution in [-0.4, -0.2) is 26.2 Å². The quantitative estimate of drug-likeness (QED) is 0.0318. The third-order valence-corrected chi connectivity index (χ3v) is 20.7. The number of carbonyl (C=O) groups excluding carboxylic acids is 1. The molecule has 0 aliphatic heterocycles. The van der Waals surface area contributed by atoms with Gasteiger partial charge in [-0.15, -0.1) is 15.3 Å². The minimum absolute atomic E-state index is 0.0686. The number of nitrogens with two attached hydrogens (primary N) is 2. The van der Waals surface area contributed by atoms with Crippen molar-refractivity contribution in [2.75, 3.05) is 10.2 Å². The van der Waals surface area contributed by atoms with Gasteiger partial charge in [-0.05, 0) is 213 Å². The molecule has 17 rings (SSSR count). The van der Waals surface area contributed by atoms with Crippen LogP contribution in [0.1, 0.15) is 93.4 Å². The first-order chi connectivity index (χ1) is 51.4. The van der Waals surface area contributed by atoms with Gasteiger partial charge in [-0.25, -0.2) is 11.8 Å². The predicted molar refractivity (Wildman–Crippen MR) is 417 cm³/mol. The number of azo groups is 3. The number of fused-ring (bicyclic) bond motifs is 15. The maximum atomic E-state index is 14.3. The summed E-state index contributed by atoms with van der Waals surface area (Å²) in [5.74, 6) is 10.9. The molecule has 0 fully saturated rings. The monoisotopic (exact) mass is 1380 g/mol. The van der Waals surface area contributed by atoms with Crippen LogP contribution in [0.5, 0.6) is 17.2 Å². The number of amides is 1. The molecule has 512 valence electrons. The van der Waals surface area contributed by atoms with E-state index in [0.717, 1.165) is 122 Å². The van der Waals surface area contributed by atoms with Crippen molar-refractivity contribution in [2.24, 2.45) is 42.5 Å². The number of phenolic OH excluding ortho intramolecular Hbond substituents is 3. The number of carbonyl (C=O) groups is 1. The molecule has 0 bridgehead atoms. The highest BCUT2D eigenvalue weighted by atomic mass is 16.6. The number of rotatable bonds is 18. The van der Waals surface area contributed by atoms with Crippen LogP contribution in [0.15, 0.2) is 279 Å². The summed E-state index contributed by atoms with van der Waals surface area (Å²) in [7, 11) is 0. The van der Waals surface area contributed by atoms with Crippen molar-refractivity contribution in [3.05, 3.63) is 304 Å². The Hall–Kier alpha value is -13.0. The minimum Gasteiger partial charge on any atom is -0.505 e. The van der Waals surface area contributed by atoms with Gasteiger partial charge in [0.05, 0.1) is 28.1 Å². The zero-order valence-corrected chi connectivity index (χ0v) is 57.5. The first kappa shape index (κ1) is 65.3. The van der Waals surface area contributed by atoms with Gasteiger partial charge in [0.1, 0.15) is 40.8 Å². The maximum absolute atomic E-state index is 14.3. The number of H-pyrrole nitrogens is 1. The summed E-state index contributed by atoms with van der Waals surface area (Å²) in [5, 5.41) is 75.8. The van der Waals surface area contributed by atoms with Crippen molar-refractivity contribution in [2.45, 2.75) is 58.7 Å². The molecule has 0 saturated heterocycles. The first-order valence-corrected chi connectivity index (χ1v) is 35.0. The number of hydrogen-bond acceptors (Lipinski definition) is 15. The number of aromatic hydroxyl groups is 3. The highest BCUT2D eigenvalue weighted by Gasteiger charge is 2.31. The van der Waals surface area contributed by atoms with Gasteiger partial charge in [0.25, 0.3) is 5.91 Å². The van der Waals surface area contributed by atoms with Crippen LogP contribution in [0.2, 0.25) is 0 Å². The number of aromatic nitrogens is 1. The second-order valence-corrected chi connectivity index (χ2v) is 26.5. The summed E-state index contributed by atoms with van der Waals surface area (Å²) in [6, 6.07) is 80.8. The molecule has 15 aromatic rings. The molecule has 14 aromatic carbocycles. The number of nitrogens with one attached hydrogen (secondary N) is 2. The van der Waals surface area contributed by atoms with Gasteiger partial charge in [-0.3, -0.25) is 14.5 Å². The lowest BCUT2D eigenvalue weighted by Gasteiger charge is -2.25. The van der Waals surface area contributed by atoms with E-state index < -0.39 is 18.1 Å². The van der Waals surface area contributed by atoms with E-state index in [0.29, 0.717) is 69.6 Å². The van der Waals surface area contributed by atoms with Crippen LogP contribution < -0.4 is 22.0 Å². The fourth-order valence-corrected chi connectivity index (χ4v) is 15.4. The van der Waals surface area contributed by atoms with Crippen LogP contribution >= 0.6 is 0 Å². The van der Waals surface area contributed by atoms with Crippen LogP contribution in [-0.2, 0) is 35.4 Å². The Labute approximate surface area is 603 Å². The van der Waals surface area contributed by atoms with E-state index in [1.807, 2.05) is 195 Å². The van der Waals surface area contributed by atoms with Gasteiger partial charge in [0.15, 0.2) is 5.75 Å². The number of aryl methyl sites for hydroxylation is 2. The number of aromatic amines is 1. The molecule has 1 aromatic heterocycles. The summed E-state index contributed by atoms with van der Waals surface area (Å²) in [6.07, 6.45) is 1.21. The molecular weight excluding hydrogens is 1310 g/mol. The van der Waals surface area contributed by atoms with Crippen molar-refractivity contribution in [3.63, 3.8) is 0 Å². The maximum Gasteiger partial charge on any atom is 0.259 e. The Bertz CT molecular complexity index is 6110. The third kappa shape index (κ3) is 11.5. The second-order valence-electron chi connectivity index (χ2n) is 26.5. The number of nitrogens with zero attached hydrogens (tertiary/aromatic N) is 7. The highest BCUT2D eigenvalue weighted by molar-refractivity contribution is 6.21. The molecule has 17 nitrogen and oxygen atoms in total. The van der Waals surface area contributed by atoms with Crippen molar-refractivity contribution in [1.29, 1.82) is 0 Å².